The molecule has 0 aliphatic rings. The standard InChI is InChI=1S/C21H23N7O/c1-3-13-29-21-22-19(4-2)28(25-21)14-15-9-11-16(12-10-15)17-7-5-6-8-18(17)20-23-26-27-24-20/h5-12H,3-4,13-14H2,1-2H3,(H,23,24,26,27). The van der Waals surface area contributed by atoms with Gasteiger partial charge in [-0.3, -0.25) is 0 Å². The molecule has 0 spiro atoms. The number of hydrogen-bond acceptors (Lipinski definition) is 6. The zero-order valence-electron chi connectivity index (χ0n) is 16.5. The SMILES string of the molecule is CCCOc1nc(CC)n(Cc2ccc(-c3ccccc3-c3nn[nH]n3)cc2)n1. The van der Waals surface area contributed by atoms with Crippen molar-refractivity contribution in [2.24, 2.45) is 0 Å². The normalized spacial score (nSPS) is 11.0. The maximum Gasteiger partial charge on any atom is 0.335 e. The van der Waals surface area contributed by atoms with Crippen LogP contribution in [0.1, 0.15) is 31.7 Å². The third kappa shape index (κ3) is 4.16. The second-order valence-electron chi connectivity index (χ2n) is 6.65. The zero-order valence-corrected chi connectivity index (χ0v) is 16.5. The number of aryl methyl sites for hydroxylation is 1. The topological polar surface area (TPSA) is 94.4 Å². The molecule has 2 heterocycles. The lowest BCUT2D eigenvalue weighted by molar-refractivity contribution is 0.291. The van der Waals surface area contributed by atoms with Gasteiger partial charge >= 0.3 is 6.01 Å². The van der Waals surface area contributed by atoms with E-state index in [0.717, 1.165) is 40.9 Å². The fourth-order valence-corrected chi connectivity index (χ4v) is 3.16. The number of H-pyrrole nitrogens is 1. The summed E-state index contributed by atoms with van der Waals surface area (Å²) in [6.45, 7) is 5.41. The Morgan fingerprint density at radius 1 is 1.00 bits per heavy atom. The minimum absolute atomic E-state index is 0.453. The Balaban J connectivity index is 1.56. The third-order valence-corrected chi connectivity index (χ3v) is 4.59. The molecule has 0 atom stereocenters. The average molecular weight is 389 g/mol. The molecule has 8 heteroatoms. The van der Waals surface area contributed by atoms with Gasteiger partial charge in [-0.1, -0.05) is 62.4 Å². The Bertz CT molecular complexity index is 1060. The second-order valence-corrected chi connectivity index (χ2v) is 6.65. The number of nitrogens with zero attached hydrogens (tertiary/aromatic N) is 6. The smallest absolute Gasteiger partial charge is 0.335 e. The van der Waals surface area contributed by atoms with Gasteiger partial charge in [0.2, 0.25) is 5.82 Å². The number of rotatable bonds is 8. The highest BCUT2D eigenvalue weighted by atomic mass is 16.5. The van der Waals surface area contributed by atoms with Gasteiger partial charge in [-0.05, 0) is 28.3 Å². The summed E-state index contributed by atoms with van der Waals surface area (Å²) in [5.41, 5.74) is 4.24. The molecule has 0 amide bonds. The third-order valence-electron chi connectivity index (χ3n) is 4.59. The fourth-order valence-electron chi connectivity index (χ4n) is 3.16. The number of aromatic amines is 1. The van der Waals surface area contributed by atoms with Gasteiger partial charge in [0.1, 0.15) is 5.82 Å². The van der Waals surface area contributed by atoms with Crippen LogP contribution in [0.25, 0.3) is 22.5 Å². The van der Waals surface area contributed by atoms with Gasteiger partial charge in [0, 0.05) is 12.0 Å². The van der Waals surface area contributed by atoms with E-state index in [2.05, 4.69) is 74.9 Å². The van der Waals surface area contributed by atoms with Crippen LogP contribution < -0.4 is 4.74 Å². The van der Waals surface area contributed by atoms with E-state index in [9.17, 15) is 0 Å². The summed E-state index contributed by atoms with van der Waals surface area (Å²) < 4.78 is 7.49. The van der Waals surface area contributed by atoms with Crippen molar-refractivity contribution in [2.75, 3.05) is 6.61 Å². The number of aromatic nitrogens is 7. The lowest BCUT2D eigenvalue weighted by Crippen LogP contribution is -2.06. The van der Waals surface area contributed by atoms with Crippen molar-refractivity contribution in [3.8, 4) is 28.5 Å². The molecule has 4 rings (SSSR count). The van der Waals surface area contributed by atoms with E-state index in [1.807, 2.05) is 22.9 Å². The molecule has 1 N–H and O–H groups in total. The molecule has 4 aromatic rings. The first-order chi connectivity index (χ1) is 14.3. The zero-order chi connectivity index (χ0) is 20.1. The van der Waals surface area contributed by atoms with Gasteiger partial charge in [0.25, 0.3) is 0 Å². The van der Waals surface area contributed by atoms with E-state index in [4.69, 9.17) is 4.74 Å². The molecular weight excluding hydrogens is 366 g/mol. The molecule has 0 saturated carbocycles. The molecule has 2 aromatic carbocycles. The van der Waals surface area contributed by atoms with Gasteiger partial charge in [-0.15, -0.1) is 15.3 Å². The molecule has 8 nitrogen and oxygen atoms in total. The highest BCUT2D eigenvalue weighted by molar-refractivity contribution is 5.80. The van der Waals surface area contributed by atoms with E-state index in [-0.39, 0.29) is 0 Å². The van der Waals surface area contributed by atoms with Gasteiger partial charge in [0.15, 0.2) is 0 Å². The average Bonchev–Trinajstić information content (AvgIpc) is 3.43. The first kappa shape index (κ1) is 18.8. The summed E-state index contributed by atoms with van der Waals surface area (Å²) >= 11 is 0. The number of nitrogens with one attached hydrogen (secondary N) is 1. The Morgan fingerprint density at radius 3 is 2.48 bits per heavy atom. The monoisotopic (exact) mass is 389 g/mol. The molecular formula is C21H23N7O. The molecule has 0 radical (unpaired) electrons. The largest absolute Gasteiger partial charge is 0.462 e. The second kappa shape index (κ2) is 8.64. The van der Waals surface area contributed by atoms with Gasteiger partial charge < -0.3 is 4.74 Å². The Labute approximate surface area is 169 Å². The Hall–Kier alpha value is -3.55. The summed E-state index contributed by atoms with van der Waals surface area (Å²) in [7, 11) is 0. The van der Waals surface area contributed by atoms with E-state index in [1.54, 1.807) is 0 Å². The first-order valence-electron chi connectivity index (χ1n) is 9.77. The van der Waals surface area contributed by atoms with Crippen LogP contribution in [0.15, 0.2) is 48.5 Å². The Morgan fingerprint density at radius 2 is 1.79 bits per heavy atom. The van der Waals surface area contributed by atoms with Crippen molar-refractivity contribution < 1.29 is 4.74 Å². The van der Waals surface area contributed by atoms with Crippen LogP contribution in [-0.2, 0) is 13.0 Å². The van der Waals surface area contributed by atoms with Gasteiger partial charge in [-0.2, -0.15) is 10.2 Å². The van der Waals surface area contributed by atoms with E-state index in [0.29, 0.717) is 25.0 Å². The fraction of sp³-hybridized carbons (Fsp3) is 0.286. The molecule has 0 saturated heterocycles. The summed E-state index contributed by atoms with van der Waals surface area (Å²) in [6.07, 6.45) is 1.74. The predicted molar refractivity (Wildman–Crippen MR) is 109 cm³/mol. The summed E-state index contributed by atoms with van der Waals surface area (Å²) in [4.78, 5) is 4.47. The molecule has 0 aliphatic heterocycles. The molecule has 148 valence electrons. The van der Waals surface area contributed by atoms with Crippen LogP contribution >= 0.6 is 0 Å². The van der Waals surface area contributed by atoms with Crippen molar-refractivity contribution >= 4 is 0 Å². The molecule has 2 aromatic heterocycles. The highest BCUT2D eigenvalue weighted by Gasteiger charge is 2.12. The lowest BCUT2D eigenvalue weighted by Gasteiger charge is -2.09. The van der Waals surface area contributed by atoms with Crippen LogP contribution in [0.5, 0.6) is 6.01 Å². The predicted octanol–water partition coefficient (Wildman–Crippen LogP) is 3.52. The highest BCUT2D eigenvalue weighted by Crippen LogP contribution is 2.29. The van der Waals surface area contributed by atoms with E-state index in [1.165, 1.54) is 0 Å². The summed E-state index contributed by atoms with van der Waals surface area (Å²) in [5, 5.41) is 18.9. The number of benzene rings is 2. The number of tetrazole rings is 1. The number of ether oxygens (including phenoxy) is 1. The summed E-state index contributed by atoms with van der Waals surface area (Å²) in [6, 6.07) is 16.9. The quantitative estimate of drug-likeness (QED) is 0.495. The van der Waals surface area contributed by atoms with E-state index < -0.39 is 0 Å². The number of hydrogen-bond donors (Lipinski definition) is 1. The van der Waals surface area contributed by atoms with Crippen LogP contribution in [-0.4, -0.2) is 42.0 Å². The Kier molecular flexibility index (Phi) is 5.60. The lowest BCUT2D eigenvalue weighted by atomic mass is 9.98. The first-order valence-corrected chi connectivity index (χ1v) is 9.77. The van der Waals surface area contributed by atoms with Gasteiger partial charge in [0.05, 0.1) is 13.2 Å². The summed E-state index contributed by atoms with van der Waals surface area (Å²) in [5.74, 6) is 1.50. The van der Waals surface area contributed by atoms with Crippen LogP contribution in [0.2, 0.25) is 0 Å². The van der Waals surface area contributed by atoms with E-state index >= 15 is 0 Å². The molecule has 0 bridgehead atoms. The maximum absolute atomic E-state index is 5.58. The molecule has 0 unspecified atom stereocenters. The van der Waals surface area contributed by atoms with Crippen LogP contribution in [0.3, 0.4) is 0 Å². The van der Waals surface area contributed by atoms with Crippen molar-refractivity contribution in [3.63, 3.8) is 0 Å². The molecule has 29 heavy (non-hydrogen) atoms. The molecule has 0 fully saturated rings. The minimum atomic E-state index is 0.453. The van der Waals surface area contributed by atoms with Crippen molar-refractivity contribution in [1.29, 1.82) is 0 Å². The van der Waals surface area contributed by atoms with Crippen molar-refractivity contribution in [3.05, 3.63) is 59.9 Å². The van der Waals surface area contributed by atoms with Crippen molar-refractivity contribution in [1.82, 2.24) is 35.4 Å². The molecule has 0 aliphatic carbocycles. The van der Waals surface area contributed by atoms with Gasteiger partial charge in [-0.25, -0.2) is 4.68 Å². The van der Waals surface area contributed by atoms with Crippen LogP contribution in [0.4, 0.5) is 0 Å². The van der Waals surface area contributed by atoms with Crippen molar-refractivity contribution in [2.45, 2.75) is 33.2 Å². The minimum Gasteiger partial charge on any atom is -0.462 e. The van der Waals surface area contributed by atoms with Crippen LogP contribution in [0, 0.1) is 0 Å². The maximum atomic E-state index is 5.58.